The molecule has 1 aromatic heterocycles. The molecule has 4 heteroatoms. The highest BCUT2D eigenvalue weighted by atomic mass is 16.2. The molecule has 4 nitrogen and oxygen atoms in total. The number of pyridine rings is 1. The van der Waals surface area contributed by atoms with E-state index in [4.69, 9.17) is 0 Å². The quantitative estimate of drug-likeness (QED) is 0.799. The van der Waals surface area contributed by atoms with Crippen molar-refractivity contribution in [2.75, 3.05) is 19.6 Å². The van der Waals surface area contributed by atoms with Gasteiger partial charge in [0.1, 0.15) is 0 Å². The summed E-state index contributed by atoms with van der Waals surface area (Å²) in [7, 11) is 0. The van der Waals surface area contributed by atoms with Crippen LogP contribution in [-0.2, 0) is 11.2 Å². The second-order valence-corrected chi connectivity index (χ2v) is 3.99. The lowest BCUT2D eigenvalue weighted by molar-refractivity contribution is -0.133. The van der Waals surface area contributed by atoms with E-state index in [1.807, 2.05) is 30.0 Å². The van der Waals surface area contributed by atoms with Crippen molar-refractivity contribution in [3.8, 4) is 0 Å². The monoisotopic (exact) mass is 219 g/mol. The Morgan fingerprint density at radius 3 is 2.88 bits per heavy atom. The number of likely N-dealkylation sites (N-methyl/N-ethyl adjacent to an activating group) is 1. The SMILES string of the molecule is CCN(C(=O)Cc1ccccn1)C1CNC1. The molecule has 0 radical (unpaired) electrons. The molecule has 16 heavy (non-hydrogen) atoms. The maximum atomic E-state index is 12.0. The molecule has 0 saturated carbocycles. The molecular formula is C12H17N3O. The fourth-order valence-electron chi connectivity index (χ4n) is 1.89. The smallest absolute Gasteiger partial charge is 0.228 e. The third kappa shape index (κ3) is 2.39. The zero-order chi connectivity index (χ0) is 11.4. The molecule has 0 atom stereocenters. The van der Waals surface area contributed by atoms with E-state index >= 15 is 0 Å². The Morgan fingerprint density at radius 1 is 1.56 bits per heavy atom. The van der Waals surface area contributed by atoms with Gasteiger partial charge in [-0.2, -0.15) is 0 Å². The molecule has 1 amide bonds. The average molecular weight is 219 g/mol. The molecule has 0 unspecified atom stereocenters. The van der Waals surface area contributed by atoms with E-state index in [0.29, 0.717) is 12.5 Å². The van der Waals surface area contributed by atoms with Crippen molar-refractivity contribution in [3.63, 3.8) is 0 Å². The largest absolute Gasteiger partial charge is 0.337 e. The molecule has 0 aliphatic carbocycles. The normalized spacial score (nSPS) is 15.6. The number of hydrogen-bond donors (Lipinski definition) is 1. The summed E-state index contributed by atoms with van der Waals surface area (Å²) in [6.07, 6.45) is 2.13. The molecule has 1 fully saturated rings. The fraction of sp³-hybridized carbons (Fsp3) is 0.500. The minimum Gasteiger partial charge on any atom is -0.337 e. The van der Waals surface area contributed by atoms with E-state index < -0.39 is 0 Å². The van der Waals surface area contributed by atoms with Crippen molar-refractivity contribution < 1.29 is 4.79 Å². The zero-order valence-electron chi connectivity index (χ0n) is 9.52. The molecule has 1 saturated heterocycles. The summed E-state index contributed by atoms with van der Waals surface area (Å²) in [5.41, 5.74) is 0.846. The van der Waals surface area contributed by atoms with Crippen LogP contribution in [-0.4, -0.2) is 41.5 Å². The first-order valence-electron chi connectivity index (χ1n) is 5.71. The molecule has 86 valence electrons. The third-order valence-electron chi connectivity index (χ3n) is 2.92. The molecule has 2 rings (SSSR count). The maximum absolute atomic E-state index is 12.0. The highest BCUT2D eigenvalue weighted by molar-refractivity contribution is 5.78. The minimum absolute atomic E-state index is 0.174. The van der Waals surface area contributed by atoms with Crippen molar-refractivity contribution in [3.05, 3.63) is 30.1 Å². The van der Waals surface area contributed by atoms with Gasteiger partial charge < -0.3 is 10.2 Å². The van der Waals surface area contributed by atoms with Crippen LogP contribution in [0.3, 0.4) is 0 Å². The number of amides is 1. The van der Waals surface area contributed by atoms with Crippen LogP contribution in [0.15, 0.2) is 24.4 Å². The van der Waals surface area contributed by atoms with Gasteiger partial charge >= 0.3 is 0 Å². The first-order valence-corrected chi connectivity index (χ1v) is 5.71. The van der Waals surface area contributed by atoms with Gasteiger partial charge in [-0.05, 0) is 19.1 Å². The summed E-state index contributed by atoms with van der Waals surface area (Å²) >= 11 is 0. The van der Waals surface area contributed by atoms with Crippen LogP contribution in [0.4, 0.5) is 0 Å². The number of carbonyl (C=O) groups excluding carboxylic acids is 1. The van der Waals surface area contributed by atoms with Crippen LogP contribution < -0.4 is 5.32 Å². The summed E-state index contributed by atoms with van der Waals surface area (Å²) < 4.78 is 0. The number of carbonyl (C=O) groups is 1. The highest BCUT2D eigenvalue weighted by Crippen LogP contribution is 2.07. The summed E-state index contributed by atoms with van der Waals surface area (Å²) in [5.74, 6) is 0.174. The molecule has 1 aliphatic rings. The second kappa shape index (κ2) is 5.07. The summed E-state index contributed by atoms with van der Waals surface area (Å²) in [6, 6.07) is 6.05. The van der Waals surface area contributed by atoms with E-state index in [9.17, 15) is 4.79 Å². The van der Waals surface area contributed by atoms with E-state index in [-0.39, 0.29) is 5.91 Å². The van der Waals surface area contributed by atoms with Gasteiger partial charge in [-0.3, -0.25) is 9.78 Å². The third-order valence-corrected chi connectivity index (χ3v) is 2.92. The molecule has 1 N–H and O–H groups in total. The zero-order valence-corrected chi connectivity index (χ0v) is 9.52. The first-order chi connectivity index (χ1) is 7.81. The van der Waals surface area contributed by atoms with Gasteiger partial charge in [0.2, 0.25) is 5.91 Å². The average Bonchev–Trinajstić information content (AvgIpc) is 2.24. The first kappa shape index (κ1) is 11.1. The van der Waals surface area contributed by atoms with Gasteiger partial charge in [0.15, 0.2) is 0 Å². The van der Waals surface area contributed by atoms with Crippen LogP contribution in [0.5, 0.6) is 0 Å². The Labute approximate surface area is 95.7 Å². The summed E-state index contributed by atoms with van der Waals surface area (Å²) in [5, 5.41) is 3.19. The van der Waals surface area contributed by atoms with Gasteiger partial charge in [0.25, 0.3) is 0 Å². The van der Waals surface area contributed by atoms with E-state index in [2.05, 4.69) is 10.3 Å². The fourth-order valence-corrected chi connectivity index (χ4v) is 1.89. The van der Waals surface area contributed by atoms with Crippen molar-refractivity contribution in [1.29, 1.82) is 0 Å². The predicted octanol–water partition coefficient (Wildman–Crippen LogP) is 0.444. The van der Waals surface area contributed by atoms with Crippen molar-refractivity contribution >= 4 is 5.91 Å². The van der Waals surface area contributed by atoms with Crippen LogP contribution in [0.1, 0.15) is 12.6 Å². The Morgan fingerprint density at radius 2 is 2.38 bits per heavy atom. The number of aromatic nitrogens is 1. The molecule has 1 aromatic rings. The molecule has 0 aromatic carbocycles. The predicted molar refractivity (Wildman–Crippen MR) is 62.0 cm³/mol. The molecule has 0 bridgehead atoms. The van der Waals surface area contributed by atoms with Crippen LogP contribution in [0, 0.1) is 0 Å². The molecule has 0 spiro atoms. The lowest BCUT2D eigenvalue weighted by atomic mass is 10.1. The van der Waals surface area contributed by atoms with Gasteiger partial charge in [-0.25, -0.2) is 0 Å². The van der Waals surface area contributed by atoms with Crippen LogP contribution in [0.25, 0.3) is 0 Å². The van der Waals surface area contributed by atoms with Crippen LogP contribution >= 0.6 is 0 Å². The van der Waals surface area contributed by atoms with E-state index in [0.717, 1.165) is 25.3 Å². The Bertz CT molecular complexity index is 349. The molecule has 1 aliphatic heterocycles. The van der Waals surface area contributed by atoms with Gasteiger partial charge in [0.05, 0.1) is 12.5 Å². The lowest BCUT2D eigenvalue weighted by Gasteiger charge is -2.37. The number of nitrogens with zero attached hydrogens (tertiary/aromatic N) is 2. The molecular weight excluding hydrogens is 202 g/mol. The summed E-state index contributed by atoms with van der Waals surface area (Å²) in [4.78, 5) is 18.1. The van der Waals surface area contributed by atoms with Crippen molar-refractivity contribution in [2.24, 2.45) is 0 Å². The number of hydrogen-bond acceptors (Lipinski definition) is 3. The number of nitrogens with one attached hydrogen (secondary N) is 1. The second-order valence-electron chi connectivity index (χ2n) is 3.99. The highest BCUT2D eigenvalue weighted by Gasteiger charge is 2.27. The van der Waals surface area contributed by atoms with Gasteiger partial charge in [0, 0.05) is 31.5 Å². The van der Waals surface area contributed by atoms with E-state index in [1.165, 1.54) is 0 Å². The molecule has 2 heterocycles. The van der Waals surface area contributed by atoms with E-state index in [1.54, 1.807) is 6.20 Å². The Hall–Kier alpha value is -1.42. The topological polar surface area (TPSA) is 45.2 Å². The van der Waals surface area contributed by atoms with Gasteiger partial charge in [-0.15, -0.1) is 0 Å². The Kier molecular flexibility index (Phi) is 3.51. The lowest BCUT2D eigenvalue weighted by Crippen LogP contribution is -2.59. The Balaban J connectivity index is 1.95. The van der Waals surface area contributed by atoms with Crippen molar-refractivity contribution in [1.82, 2.24) is 15.2 Å². The number of rotatable bonds is 4. The van der Waals surface area contributed by atoms with Crippen LogP contribution in [0.2, 0.25) is 0 Å². The maximum Gasteiger partial charge on any atom is 0.228 e. The standard InChI is InChI=1S/C12H17N3O/c1-2-15(11-8-13-9-11)12(16)7-10-5-3-4-6-14-10/h3-6,11,13H,2,7-9H2,1H3. The summed E-state index contributed by atoms with van der Waals surface area (Å²) in [6.45, 7) is 4.64. The van der Waals surface area contributed by atoms with Gasteiger partial charge in [-0.1, -0.05) is 6.07 Å². The minimum atomic E-state index is 0.174. The van der Waals surface area contributed by atoms with Crippen molar-refractivity contribution in [2.45, 2.75) is 19.4 Å².